The standard InChI is InChI=1S/C17H26O5/c1-18-11-14-16(20-3)17(21-4)15(19-2)13(22-14)10-12-8-6-5-7-9-12/h5-9,13-17H,10-11H2,1-4H3. The van der Waals surface area contributed by atoms with E-state index in [-0.39, 0.29) is 30.5 Å². The van der Waals surface area contributed by atoms with Gasteiger partial charge in [-0.15, -0.1) is 0 Å². The summed E-state index contributed by atoms with van der Waals surface area (Å²) >= 11 is 0. The first kappa shape index (κ1) is 17.4. The molecule has 1 saturated heterocycles. The number of rotatable bonds is 7. The predicted octanol–water partition coefficient (Wildman–Crippen LogP) is 1.69. The first-order valence-electron chi connectivity index (χ1n) is 7.51. The first-order chi connectivity index (χ1) is 10.7. The Balaban J connectivity index is 2.19. The van der Waals surface area contributed by atoms with E-state index in [0.29, 0.717) is 6.61 Å². The van der Waals surface area contributed by atoms with Crippen LogP contribution in [0.4, 0.5) is 0 Å². The van der Waals surface area contributed by atoms with Gasteiger partial charge in [0.2, 0.25) is 0 Å². The SMILES string of the molecule is COCC1OC(Cc2ccccc2)C(OC)C(OC)C1OC. The Bertz CT molecular complexity index is 424. The average Bonchev–Trinajstić information content (AvgIpc) is 2.55. The molecule has 1 aliphatic heterocycles. The Morgan fingerprint density at radius 2 is 1.41 bits per heavy atom. The molecule has 1 fully saturated rings. The molecule has 0 radical (unpaired) electrons. The topological polar surface area (TPSA) is 46.2 Å². The van der Waals surface area contributed by atoms with Gasteiger partial charge in [-0.1, -0.05) is 30.3 Å². The normalized spacial score (nSPS) is 32.1. The van der Waals surface area contributed by atoms with Crippen LogP contribution in [0, 0.1) is 0 Å². The summed E-state index contributed by atoms with van der Waals surface area (Å²) < 4.78 is 28.4. The number of hydrogen-bond acceptors (Lipinski definition) is 5. The van der Waals surface area contributed by atoms with Crippen LogP contribution in [-0.4, -0.2) is 65.6 Å². The molecule has 124 valence electrons. The molecule has 1 heterocycles. The van der Waals surface area contributed by atoms with Gasteiger partial charge < -0.3 is 23.7 Å². The molecular weight excluding hydrogens is 284 g/mol. The van der Waals surface area contributed by atoms with Crippen molar-refractivity contribution in [2.24, 2.45) is 0 Å². The van der Waals surface area contributed by atoms with Gasteiger partial charge in [0.25, 0.3) is 0 Å². The fourth-order valence-corrected chi connectivity index (χ4v) is 3.14. The van der Waals surface area contributed by atoms with Crippen molar-refractivity contribution in [3.05, 3.63) is 35.9 Å². The fourth-order valence-electron chi connectivity index (χ4n) is 3.14. The smallest absolute Gasteiger partial charge is 0.115 e. The molecule has 0 spiro atoms. The summed E-state index contributed by atoms with van der Waals surface area (Å²) in [6.07, 6.45) is -0.137. The lowest BCUT2D eigenvalue weighted by Crippen LogP contribution is -2.61. The highest BCUT2D eigenvalue weighted by atomic mass is 16.6. The van der Waals surface area contributed by atoms with Gasteiger partial charge in [-0.25, -0.2) is 0 Å². The van der Waals surface area contributed by atoms with E-state index in [9.17, 15) is 0 Å². The Hall–Kier alpha value is -0.980. The van der Waals surface area contributed by atoms with Gasteiger partial charge in [0, 0.05) is 34.9 Å². The van der Waals surface area contributed by atoms with Crippen LogP contribution < -0.4 is 0 Å². The van der Waals surface area contributed by atoms with Gasteiger partial charge in [-0.3, -0.25) is 0 Å². The minimum atomic E-state index is -0.220. The summed E-state index contributed by atoms with van der Waals surface area (Å²) in [5.41, 5.74) is 1.21. The van der Waals surface area contributed by atoms with E-state index >= 15 is 0 Å². The third kappa shape index (κ3) is 3.86. The molecule has 1 aromatic rings. The monoisotopic (exact) mass is 310 g/mol. The van der Waals surface area contributed by atoms with Gasteiger partial charge in [0.1, 0.15) is 24.4 Å². The summed E-state index contributed by atoms with van der Waals surface area (Å²) in [6, 6.07) is 10.2. The van der Waals surface area contributed by atoms with Crippen molar-refractivity contribution in [1.82, 2.24) is 0 Å². The Labute approximate surface area is 132 Å². The lowest BCUT2D eigenvalue weighted by Gasteiger charge is -2.45. The fraction of sp³-hybridized carbons (Fsp3) is 0.647. The van der Waals surface area contributed by atoms with E-state index in [1.165, 1.54) is 5.56 Å². The molecule has 5 nitrogen and oxygen atoms in total. The second-order valence-electron chi connectivity index (χ2n) is 5.46. The van der Waals surface area contributed by atoms with Gasteiger partial charge in [-0.05, 0) is 5.56 Å². The molecule has 5 heteroatoms. The second kappa shape index (κ2) is 8.60. The summed E-state index contributed by atoms with van der Waals surface area (Å²) in [5, 5.41) is 0. The van der Waals surface area contributed by atoms with Crippen molar-refractivity contribution >= 4 is 0 Å². The zero-order valence-electron chi connectivity index (χ0n) is 13.7. The lowest BCUT2D eigenvalue weighted by atomic mass is 9.91. The molecule has 0 saturated carbocycles. The molecule has 1 aromatic carbocycles. The third-order valence-electron chi connectivity index (χ3n) is 4.16. The van der Waals surface area contributed by atoms with Crippen LogP contribution in [0.5, 0.6) is 0 Å². The highest BCUT2D eigenvalue weighted by Crippen LogP contribution is 2.29. The minimum absolute atomic E-state index is 0.108. The number of benzene rings is 1. The van der Waals surface area contributed by atoms with Crippen LogP contribution in [-0.2, 0) is 30.1 Å². The maximum Gasteiger partial charge on any atom is 0.115 e. The summed E-state index contributed by atoms with van der Waals surface area (Å²) in [4.78, 5) is 0. The molecule has 0 amide bonds. The third-order valence-corrected chi connectivity index (χ3v) is 4.16. The van der Waals surface area contributed by atoms with Crippen LogP contribution >= 0.6 is 0 Å². The van der Waals surface area contributed by atoms with E-state index in [1.54, 1.807) is 28.4 Å². The molecule has 0 N–H and O–H groups in total. The van der Waals surface area contributed by atoms with Crippen molar-refractivity contribution < 1.29 is 23.7 Å². The lowest BCUT2D eigenvalue weighted by molar-refractivity contribution is -0.249. The Kier molecular flexibility index (Phi) is 6.79. The van der Waals surface area contributed by atoms with E-state index in [2.05, 4.69) is 12.1 Å². The zero-order valence-corrected chi connectivity index (χ0v) is 13.7. The van der Waals surface area contributed by atoms with Gasteiger partial charge >= 0.3 is 0 Å². The van der Waals surface area contributed by atoms with Crippen LogP contribution in [0.2, 0.25) is 0 Å². The van der Waals surface area contributed by atoms with Gasteiger partial charge in [0.05, 0.1) is 12.7 Å². The van der Waals surface area contributed by atoms with Crippen LogP contribution in [0.1, 0.15) is 5.56 Å². The average molecular weight is 310 g/mol. The molecule has 2 rings (SSSR count). The predicted molar refractivity (Wildman–Crippen MR) is 83.1 cm³/mol. The summed E-state index contributed by atoms with van der Waals surface area (Å²) in [7, 11) is 6.68. The van der Waals surface area contributed by atoms with Crippen molar-refractivity contribution in [3.8, 4) is 0 Å². The van der Waals surface area contributed by atoms with Crippen LogP contribution in [0.3, 0.4) is 0 Å². The van der Waals surface area contributed by atoms with E-state index in [1.807, 2.05) is 18.2 Å². The number of methoxy groups -OCH3 is 4. The molecule has 0 aliphatic carbocycles. The van der Waals surface area contributed by atoms with E-state index < -0.39 is 0 Å². The molecule has 1 aliphatic rings. The first-order valence-corrected chi connectivity index (χ1v) is 7.51. The Morgan fingerprint density at radius 1 is 0.818 bits per heavy atom. The maximum absolute atomic E-state index is 6.21. The quantitative estimate of drug-likeness (QED) is 0.767. The van der Waals surface area contributed by atoms with Crippen molar-refractivity contribution in [2.45, 2.75) is 36.9 Å². The van der Waals surface area contributed by atoms with Crippen molar-refractivity contribution in [2.75, 3.05) is 35.0 Å². The van der Waals surface area contributed by atoms with Gasteiger partial charge in [-0.2, -0.15) is 0 Å². The highest BCUT2D eigenvalue weighted by Gasteiger charge is 2.46. The maximum atomic E-state index is 6.21. The minimum Gasteiger partial charge on any atom is -0.382 e. The number of ether oxygens (including phenoxy) is 5. The summed E-state index contributed by atoms with van der Waals surface area (Å²) in [6.45, 7) is 0.458. The molecule has 0 bridgehead atoms. The second-order valence-corrected chi connectivity index (χ2v) is 5.46. The van der Waals surface area contributed by atoms with Gasteiger partial charge in [0.15, 0.2) is 0 Å². The van der Waals surface area contributed by atoms with E-state index in [4.69, 9.17) is 23.7 Å². The van der Waals surface area contributed by atoms with Crippen LogP contribution in [0.25, 0.3) is 0 Å². The largest absolute Gasteiger partial charge is 0.382 e. The molecular formula is C17H26O5. The number of hydrogen-bond donors (Lipinski definition) is 0. The zero-order chi connectivity index (χ0) is 15.9. The molecule has 22 heavy (non-hydrogen) atoms. The van der Waals surface area contributed by atoms with Crippen LogP contribution in [0.15, 0.2) is 30.3 Å². The Morgan fingerprint density at radius 3 is 1.95 bits per heavy atom. The van der Waals surface area contributed by atoms with Crippen molar-refractivity contribution in [3.63, 3.8) is 0 Å². The summed E-state index contributed by atoms with van der Waals surface area (Å²) in [5.74, 6) is 0. The molecule has 0 aromatic heterocycles. The highest BCUT2D eigenvalue weighted by molar-refractivity contribution is 5.16. The molecule has 5 unspecified atom stereocenters. The molecule has 5 atom stereocenters. The van der Waals surface area contributed by atoms with E-state index in [0.717, 1.165) is 6.42 Å². The van der Waals surface area contributed by atoms with Crippen molar-refractivity contribution in [1.29, 1.82) is 0 Å².